The lowest BCUT2D eigenvalue weighted by atomic mass is 9.94. The Morgan fingerprint density at radius 2 is 2.04 bits per heavy atom. The molecule has 0 aromatic heterocycles. The van der Waals surface area contributed by atoms with E-state index in [1.807, 2.05) is 12.1 Å². The van der Waals surface area contributed by atoms with Crippen LogP contribution in [-0.4, -0.2) is 30.3 Å². The van der Waals surface area contributed by atoms with E-state index in [1.165, 1.54) is 18.9 Å². The summed E-state index contributed by atoms with van der Waals surface area (Å²) in [6.45, 7) is 1.74. The zero-order valence-electron chi connectivity index (χ0n) is 13.9. The van der Waals surface area contributed by atoms with E-state index in [4.69, 9.17) is 15.2 Å². The minimum Gasteiger partial charge on any atom is -0.497 e. The van der Waals surface area contributed by atoms with Crippen LogP contribution in [0.1, 0.15) is 18.5 Å². The second-order valence-electron chi connectivity index (χ2n) is 5.36. The number of fused-ring (bicyclic) bond motifs is 1. The summed E-state index contributed by atoms with van der Waals surface area (Å²) in [4.78, 5) is 18.9. The number of hydrogen-bond acceptors (Lipinski definition) is 8. The molecule has 0 saturated heterocycles. The number of ether oxygens (including phenoxy) is 2. The van der Waals surface area contributed by atoms with Crippen LogP contribution in [0.25, 0.3) is 0 Å². The first kappa shape index (κ1) is 16.9. The van der Waals surface area contributed by atoms with E-state index >= 15 is 0 Å². The summed E-state index contributed by atoms with van der Waals surface area (Å²) >= 11 is 1.19. The lowest BCUT2D eigenvalue weighted by Crippen LogP contribution is -2.38. The van der Waals surface area contributed by atoms with Gasteiger partial charge in [-0.25, -0.2) is 9.79 Å². The summed E-state index contributed by atoms with van der Waals surface area (Å²) in [7, 11) is 2.91. The standard InChI is InChI=1S/C17H16N4O3S/c1-9-13(16(22)24-3)14(10-4-6-11(23-2)7-5-10)21-15(19)12(8-18)25-17(21)20-9/h4-7,14H,19H2,1-3H3/t14-/m0/s1. The van der Waals surface area contributed by atoms with Crippen molar-refractivity contribution < 1.29 is 14.3 Å². The van der Waals surface area contributed by atoms with E-state index < -0.39 is 12.0 Å². The number of hydrogen-bond donors (Lipinski definition) is 1. The highest BCUT2D eigenvalue weighted by Crippen LogP contribution is 2.45. The predicted octanol–water partition coefficient (Wildman–Crippen LogP) is 2.25. The van der Waals surface area contributed by atoms with Crippen LogP contribution in [0.2, 0.25) is 0 Å². The molecular weight excluding hydrogens is 340 g/mol. The van der Waals surface area contributed by atoms with Gasteiger partial charge >= 0.3 is 5.97 Å². The van der Waals surface area contributed by atoms with Gasteiger partial charge in [0, 0.05) is 0 Å². The number of rotatable bonds is 3. The number of allylic oxidation sites excluding steroid dienone is 2. The Kier molecular flexibility index (Phi) is 4.42. The molecule has 25 heavy (non-hydrogen) atoms. The van der Waals surface area contributed by atoms with Gasteiger partial charge in [-0.05, 0) is 36.4 Å². The Labute approximate surface area is 149 Å². The Bertz CT molecular complexity index is 865. The molecule has 2 aliphatic rings. The monoisotopic (exact) mass is 356 g/mol. The summed E-state index contributed by atoms with van der Waals surface area (Å²) in [5.74, 6) is 0.496. The van der Waals surface area contributed by atoms with E-state index in [-0.39, 0.29) is 5.82 Å². The van der Waals surface area contributed by atoms with E-state index in [2.05, 4.69) is 11.1 Å². The third-order valence-electron chi connectivity index (χ3n) is 4.01. The molecule has 128 valence electrons. The van der Waals surface area contributed by atoms with Gasteiger partial charge in [0.2, 0.25) is 0 Å². The van der Waals surface area contributed by atoms with Gasteiger partial charge in [0.1, 0.15) is 22.5 Å². The Morgan fingerprint density at radius 1 is 1.36 bits per heavy atom. The number of amidine groups is 1. The van der Waals surface area contributed by atoms with Crippen molar-refractivity contribution in [2.75, 3.05) is 14.2 Å². The van der Waals surface area contributed by atoms with Crippen LogP contribution in [0.5, 0.6) is 5.75 Å². The van der Waals surface area contributed by atoms with E-state index in [9.17, 15) is 10.1 Å². The molecule has 2 aliphatic heterocycles. The molecule has 2 heterocycles. The zero-order chi connectivity index (χ0) is 18.1. The lowest BCUT2D eigenvalue weighted by Gasteiger charge is -2.34. The number of aliphatic imine (C=N–C) groups is 1. The molecule has 7 nitrogen and oxygen atoms in total. The Morgan fingerprint density at radius 3 is 2.60 bits per heavy atom. The highest BCUT2D eigenvalue weighted by molar-refractivity contribution is 8.17. The molecule has 0 aliphatic carbocycles. The molecule has 0 spiro atoms. The number of carbonyl (C=O) groups is 1. The molecule has 0 radical (unpaired) electrons. The van der Waals surface area contributed by atoms with Crippen LogP contribution in [0.4, 0.5) is 0 Å². The van der Waals surface area contributed by atoms with Gasteiger partial charge in [0.25, 0.3) is 0 Å². The van der Waals surface area contributed by atoms with E-state index in [0.717, 1.165) is 5.56 Å². The first-order valence-corrected chi connectivity index (χ1v) is 8.22. The fourth-order valence-electron chi connectivity index (χ4n) is 2.81. The van der Waals surface area contributed by atoms with Gasteiger partial charge in [-0.2, -0.15) is 5.26 Å². The number of methoxy groups -OCH3 is 2. The second kappa shape index (κ2) is 6.53. The molecule has 0 fully saturated rings. The topological polar surface area (TPSA) is 101 Å². The summed E-state index contributed by atoms with van der Waals surface area (Å²) < 4.78 is 10.1. The minimum atomic E-state index is -0.524. The van der Waals surface area contributed by atoms with Crippen LogP contribution in [0.15, 0.2) is 51.3 Å². The van der Waals surface area contributed by atoms with Crippen molar-refractivity contribution in [1.82, 2.24) is 4.90 Å². The number of nitriles is 1. The maximum Gasteiger partial charge on any atom is 0.338 e. The van der Waals surface area contributed by atoms with Crippen molar-refractivity contribution in [3.05, 3.63) is 51.8 Å². The van der Waals surface area contributed by atoms with Gasteiger partial charge in [0.15, 0.2) is 5.17 Å². The van der Waals surface area contributed by atoms with Crippen molar-refractivity contribution in [1.29, 1.82) is 5.26 Å². The SMILES string of the molecule is COC(=O)C1=C(C)N=C2SC(C#N)=C(N)N2[C@H]1c1ccc(OC)cc1. The quantitative estimate of drug-likeness (QED) is 0.829. The molecule has 0 saturated carbocycles. The van der Waals surface area contributed by atoms with Gasteiger partial charge in [0.05, 0.1) is 31.5 Å². The number of thioether (sulfide) groups is 1. The van der Waals surface area contributed by atoms with Crippen molar-refractivity contribution >= 4 is 22.9 Å². The summed E-state index contributed by atoms with van der Waals surface area (Å²) in [6, 6.07) is 8.86. The van der Waals surface area contributed by atoms with Crippen LogP contribution in [0.3, 0.4) is 0 Å². The largest absolute Gasteiger partial charge is 0.497 e. The first-order valence-electron chi connectivity index (χ1n) is 7.40. The molecule has 0 unspecified atom stereocenters. The molecule has 0 amide bonds. The van der Waals surface area contributed by atoms with Crippen molar-refractivity contribution in [3.63, 3.8) is 0 Å². The third kappa shape index (κ3) is 2.72. The van der Waals surface area contributed by atoms with E-state index in [1.54, 1.807) is 31.1 Å². The minimum absolute atomic E-state index is 0.279. The number of esters is 1. The summed E-state index contributed by atoms with van der Waals surface area (Å²) in [6.07, 6.45) is 0. The van der Waals surface area contributed by atoms with Gasteiger partial charge in [-0.15, -0.1) is 0 Å². The highest BCUT2D eigenvalue weighted by atomic mass is 32.2. The lowest BCUT2D eigenvalue weighted by molar-refractivity contribution is -0.136. The first-order chi connectivity index (χ1) is 12.0. The van der Waals surface area contributed by atoms with Gasteiger partial charge < -0.3 is 15.2 Å². The fourth-order valence-corrected chi connectivity index (χ4v) is 3.73. The average Bonchev–Trinajstić information content (AvgIpc) is 2.95. The molecular formula is C17H16N4O3S. The number of carbonyl (C=O) groups excluding carboxylic acids is 1. The van der Waals surface area contributed by atoms with Gasteiger partial charge in [-0.3, -0.25) is 4.90 Å². The zero-order valence-corrected chi connectivity index (χ0v) is 14.8. The molecule has 1 atom stereocenters. The smallest absolute Gasteiger partial charge is 0.338 e. The fraction of sp³-hybridized carbons (Fsp3) is 0.235. The highest BCUT2D eigenvalue weighted by Gasteiger charge is 2.42. The molecule has 3 rings (SSSR count). The summed E-state index contributed by atoms with van der Waals surface area (Å²) in [5, 5.41) is 9.85. The molecule has 0 bridgehead atoms. The van der Waals surface area contributed by atoms with Crippen molar-refractivity contribution in [2.24, 2.45) is 10.7 Å². The van der Waals surface area contributed by atoms with E-state index in [0.29, 0.717) is 27.1 Å². The number of nitrogens with zero attached hydrogens (tertiary/aromatic N) is 3. The Hall–Kier alpha value is -2.92. The maximum absolute atomic E-state index is 12.4. The number of nitrogens with two attached hydrogens (primary N) is 1. The van der Waals surface area contributed by atoms with Crippen LogP contribution in [0, 0.1) is 11.3 Å². The molecule has 1 aromatic rings. The van der Waals surface area contributed by atoms with Crippen LogP contribution in [-0.2, 0) is 9.53 Å². The van der Waals surface area contributed by atoms with Crippen molar-refractivity contribution in [3.8, 4) is 11.8 Å². The maximum atomic E-state index is 12.4. The molecule has 1 aromatic carbocycles. The normalized spacial score (nSPS) is 19.4. The number of benzene rings is 1. The van der Waals surface area contributed by atoms with Gasteiger partial charge in [-0.1, -0.05) is 12.1 Å². The average molecular weight is 356 g/mol. The third-order valence-corrected chi connectivity index (χ3v) is 4.99. The second-order valence-corrected chi connectivity index (χ2v) is 6.34. The van der Waals surface area contributed by atoms with Crippen molar-refractivity contribution in [2.45, 2.75) is 13.0 Å². The Balaban J connectivity index is 2.17. The van der Waals surface area contributed by atoms with Crippen LogP contribution < -0.4 is 10.5 Å². The van der Waals surface area contributed by atoms with Crippen LogP contribution >= 0.6 is 11.8 Å². The molecule has 8 heteroatoms. The molecule has 2 N–H and O–H groups in total. The predicted molar refractivity (Wildman–Crippen MR) is 94.1 cm³/mol. The summed E-state index contributed by atoms with van der Waals surface area (Å²) in [5.41, 5.74) is 7.90.